The number of allylic oxidation sites excluding steroid dienone is 1. The van der Waals surface area contributed by atoms with E-state index in [-0.39, 0.29) is 6.42 Å². The van der Waals surface area contributed by atoms with Crippen LogP contribution in [0.1, 0.15) is 29.7 Å². The fourth-order valence-corrected chi connectivity index (χ4v) is 9.74. The van der Waals surface area contributed by atoms with Gasteiger partial charge < -0.3 is 14.2 Å². The predicted molar refractivity (Wildman–Crippen MR) is 195 cm³/mol. The van der Waals surface area contributed by atoms with Crippen LogP contribution in [0.2, 0.25) is 0 Å². The standard InChI is InChI=1S/C36H28F3N3O7S4/c1-22(49-53(46,47)36(37,38)39)30(34(45)48-31(24-15-7-3-8-16-24)25-17-9-4-10-18-25)42-32(44)29(41-28(43)21-23-13-5-2-6-14-23)33(42)51-52-35-40-26-19-11-12-20-27(26)50-35/h2-20,29,31,33H,21H2,1H3,(H,41,43)/b30-22+/t29-,33-/m1/s1. The number of para-hydroxylation sites is 1. The van der Waals surface area contributed by atoms with Crippen LogP contribution in [0.5, 0.6) is 0 Å². The smallest absolute Gasteiger partial charge is 0.448 e. The summed E-state index contributed by atoms with van der Waals surface area (Å²) in [4.78, 5) is 46.7. The number of halogens is 3. The lowest BCUT2D eigenvalue weighted by Gasteiger charge is -2.46. The summed E-state index contributed by atoms with van der Waals surface area (Å²) in [6.45, 7) is 0.816. The number of hydrogen-bond acceptors (Lipinski definition) is 11. The topological polar surface area (TPSA) is 132 Å². The summed E-state index contributed by atoms with van der Waals surface area (Å²) in [5, 5.41) is 1.49. The zero-order chi connectivity index (χ0) is 37.8. The number of alkyl halides is 3. The van der Waals surface area contributed by atoms with Crippen LogP contribution in [-0.4, -0.2) is 53.0 Å². The summed E-state index contributed by atoms with van der Waals surface area (Å²) in [5.41, 5.74) is -4.44. The molecule has 4 aromatic carbocycles. The average molecular weight is 800 g/mol. The van der Waals surface area contributed by atoms with Gasteiger partial charge >= 0.3 is 21.6 Å². The number of nitrogens with one attached hydrogen (secondary N) is 1. The van der Waals surface area contributed by atoms with Crippen LogP contribution in [0.15, 0.2) is 131 Å². The number of fused-ring (bicyclic) bond motifs is 1. The molecule has 0 saturated carbocycles. The fraction of sp³-hybridized carbons (Fsp3) is 0.167. The lowest BCUT2D eigenvalue weighted by atomic mass is 10.0. The molecule has 1 saturated heterocycles. The highest BCUT2D eigenvalue weighted by Crippen LogP contribution is 2.46. The van der Waals surface area contributed by atoms with Gasteiger partial charge in [0.25, 0.3) is 5.91 Å². The Morgan fingerprint density at radius 2 is 1.47 bits per heavy atom. The molecule has 0 unspecified atom stereocenters. The molecule has 2 amide bonds. The van der Waals surface area contributed by atoms with E-state index in [1.54, 1.807) is 97.1 Å². The van der Waals surface area contributed by atoms with Crippen LogP contribution in [-0.2, 0) is 39.8 Å². The second-order valence-electron chi connectivity index (χ2n) is 11.4. The minimum absolute atomic E-state index is 0.0977. The largest absolute Gasteiger partial charge is 0.534 e. The Morgan fingerprint density at radius 3 is 2.06 bits per heavy atom. The molecular weight excluding hydrogens is 772 g/mol. The molecule has 0 spiro atoms. The molecule has 0 radical (unpaired) electrons. The van der Waals surface area contributed by atoms with E-state index in [0.29, 0.717) is 26.5 Å². The fourth-order valence-electron chi connectivity index (χ4n) is 5.33. The molecule has 17 heteroatoms. The number of esters is 1. The van der Waals surface area contributed by atoms with Crippen molar-refractivity contribution in [1.29, 1.82) is 0 Å². The van der Waals surface area contributed by atoms with E-state index in [4.69, 9.17) is 4.74 Å². The molecule has 6 rings (SSSR count). The Hall–Kier alpha value is -4.84. The molecule has 1 aromatic heterocycles. The van der Waals surface area contributed by atoms with Gasteiger partial charge in [0.1, 0.15) is 17.2 Å². The summed E-state index contributed by atoms with van der Waals surface area (Å²) in [5.74, 6) is -3.87. The number of carbonyl (C=O) groups excluding carboxylic acids is 3. The maximum Gasteiger partial charge on any atom is 0.534 e. The van der Waals surface area contributed by atoms with Crippen molar-refractivity contribution in [1.82, 2.24) is 15.2 Å². The molecule has 0 bridgehead atoms. The summed E-state index contributed by atoms with van der Waals surface area (Å²) in [6.07, 6.45) is -1.23. The van der Waals surface area contributed by atoms with E-state index < -0.39 is 62.4 Å². The lowest BCUT2D eigenvalue weighted by molar-refractivity contribution is -0.154. The molecule has 5 aromatic rings. The minimum atomic E-state index is -6.29. The Balaban J connectivity index is 1.38. The normalized spacial score (nSPS) is 16.5. The second-order valence-corrected chi connectivity index (χ2v) is 16.6. The number of amides is 2. The number of rotatable bonds is 13. The summed E-state index contributed by atoms with van der Waals surface area (Å²) in [6, 6.07) is 31.6. The number of ether oxygens (including phenoxy) is 1. The van der Waals surface area contributed by atoms with E-state index >= 15 is 0 Å². The first-order valence-corrected chi connectivity index (χ1v) is 20.1. The zero-order valence-electron chi connectivity index (χ0n) is 27.4. The Labute approximate surface area is 313 Å². The van der Waals surface area contributed by atoms with Crippen LogP contribution < -0.4 is 5.32 Å². The molecule has 53 heavy (non-hydrogen) atoms. The third-order valence-electron chi connectivity index (χ3n) is 7.77. The number of β-lactam (4-membered cyclic amide) rings is 1. The summed E-state index contributed by atoms with van der Waals surface area (Å²) >= 11 is 1.34. The number of hydrogen-bond donors (Lipinski definition) is 1. The van der Waals surface area contributed by atoms with Crippen molar-refractivity contribution in [2.45, 2.75) is 40.7 Å². The predicted octanol–water partition coefficient (Wildman–Crippen LogP) is 7.36. The van der Waals surface area contributed by atoms with Crippen LogP contribution >= 0.6 is 32.9 Å². The Kier molecular flexibility index (Phi) is 11.5. The van der Waals surface area contributed by atoms with E-state index in [2.05, 4.69) is 14.5 Å². The third-order valence-corrected chi connectivity index (χ3v) is 12.8. The first-order chi connectivity index (χ1) is 25.3. The van der Waals surface area contributed by atoms with Gasteiger partial charge in [-0.1, -0.05) is 114 Å². The number of thiazole rings is 1. The van der Waals surface area contributed by atoms with Crippen LogP contribution in [0.3, 0.4) is 0 Å². The molecule has 1 fully saturated rings. The summed E-state index contributed by atoms with van der Waals surface area (Å²) < 4.78 is 76.8. The van der Waals surface area contributed by atoms with Gasteiger partial charge in [-0.3, -0.25) is 14.5 Å². The molecule has 274 valence electrons. The number of nitrogens with zero attached hydrogens (tertiary/aromatic N) is 2. The minimum Gasteiger partial charge on any atom is -0.448 e. The molecule has 2 heterocycles. The van der Waals surface area contributed by atoms with Crippen LogP contribution in [0, 0.1) is 0 Å². The highest BCUT2D eigenvalue weighted by atomic mass is 33.1. The SMILES string of the molecule is C/C(OS(=O)(=O)C(F)(F)F)=C(/C(=O)OC(c1ccccc1)c1ccccc1)N1C(=O)[C@@H](NC(=O)Cc2ccccc2)[C@H]1SSc1nc2ccccc2s1. The molecule has 0 aliphatic carbocycles. The van der Waals surface area contributed by atoms with Gasteiger partial charge in [0, 0.05) is 0 Å². The molecular formula is C36H28F3N3O7S4. The van der Waals surface area contributed by atoms with Crippen molar-refractivity contribution >= 4 is 71.0 Å². The highest BCUT2D eigenvalue weighted by molar-refractivity contribution is 8.77. The van der Waals surface area contributed by atoms with Crippen molar-refractivity contribution in [2.24, 2.45) is 0 Å². The number of likely N-dealkylation sites (tertiary alicyclic amines) is 1. The monoisotopic (exact) mass is 799 g/mol. The molecule has 1 N–H and O–H groups in total. The number of aromatic nitrogens is 1. The number of carbonyl (C=O) groups is 3. The van der Waals surface area contributed by atoms with Gasteiger partial charge in [-0.15, -0.1) is 11.3 Å². The van der Waals surface area contributed by atoms with Crippen molar-refractivity contribution in [3.05, 3.63) is 143 Å². The molecule has 2 atom stereocenters. The third kappa shape index (κ3) is 8.70. The first-order valence-electron chi connectivity index (χ1n) is 15.7. The van der Waals surface area contributed by atoms with Gasteiger partial charge in [0.2, 0.25) is 5.91 Å². The number of benzene rings is 4. The van der Waals surface area contributed by atoms with Gasteiger partial charge in [-0.25, -0.2) is 9.78 Å². The quantitative estimate of drug-likeness (QED) is 0.0245. The van der Waals surface area contributed by atoms with Gasteiger partial charge in [0.05, 0.1) is 16.6 Å². The Morgan fingerprint density at radius 1 is 0.906 bits per heavy atom. The van der Waals surface area contributed by atoms with E-state index in [1.807, 2.05) is 18.2 Å². The van der Waals surface area contributed by atoms with Crippen LogP contribution in [0.4, 0.5) is 13.2 Å². The van der Waals surface area contributed by atoms with Gasteiger partial charge in [-0.05, 0) is 46.5 Å². The second kappa shape index (κ2) is 16.0. The van der Waals surface area contributed by atoms with E-state index in [1.165, 1.54) is 11.3 Å². The van der Waals surface area contributed by atoms with E-state index in [9.17, 15) is 36.0 Å². The summed E-state index contributed by atoms with van der Waals surface area (Å²) in [7, 11) is -4.21. The average Bonchev–Trinajstić information content (AvgIpc) is 3.56. The van der Waals surface area contributed by atoms with Crippen LogP contribution in [0.25, 0.3) is 10.2 Å². The van der Waals surface area contributed by atoms with Crippen molar-refractivity contribution in [2.75, 3.05) is 0 Å². The zero-order valence-corrected chi connectivity index (χ0v) is 30.7. The van der Waals surface area contributed by atoms with Crippen molar-refractivity contribution in [3.63, 3.8) is 0 Å². The molecule has 10 nitrogen and oxygen atoms in total. The molecule has 1 aliphatic heterocycles. The maximum atomic E-state index is 14.2. The molecule has 1 aliphatic rings. The van der Waals surface area contributed by atoms with Gasteiger partial charge in [-0.2, -0.15) is 21.6 Å². The maximum absolute atomic E-state index is 14.2. The van der Waals surface area contributed by atoms with E-state index in [0.717, 1.165) is 38.1 Å². The van der Waals surface area contributed by atoms with Gasteiger partial charge in [0.15, 0.2) is 16.1 Å². The Bertz CT molecular complexity index is 2180. The van der Waals surface area contributed by atoms with Crippen molar-refractivity contribution in [3.8, 4) is 0 Å². The highest BCUT2D eigenvalue weighted by Gasteiger charge is 2.55. The van der Waals surface area contributed by atoms with Crippen molar-refractivity contribution < 1.29 is 44.9 Å². The lowest BCUT2D eigenvalue weighted by Crippen LogP contribution is -2.69. The first kappa shape index (κ1) is 37.9.